The smallest absolute Gasteiger partial charge is 0.181 e. The predicted molar refractivity (Wildman–Crippen MR) is 81.5 cm³/mol. The maximum absolute atomic E-state index is 12.1. The molecular formula is C17H19NO2. The van der Waals surface area contributed by atoms with Gasteiger partial charge in [-0.1, -0.05) is 30.3 Å². The van der Waals surface area contributed by atoms with E-state index in [1.165, 1.54) is 0 Å². The number of hydrogen-bond donors (Lipinski definition) is 1. The molecule has 0 bridgehead atoms. The molecule has 0 aliphatic carbocycles. The van der Waals surface area contributed by atoms with E-state index in [-0.39, 0.29) is 18.4 Å². The Morgan fingerprint density at radius 2 is 1.85 bits per heavy atom. The van der Waals surface area contributed by atoms with Gasteiger partial charge < -0.3 is 10.1 Å². The summed E-state index contributed by atoms with van der Waals surface area (Å²) >= 11 is 0. The second-order valence-electron chi connectivity index (χ2n) is 4.84. The van der Waals surface area contributed by atoms with E-state index in [2.05, 4.69) is 5.32 Å². The van der Waals surface area contributed by atoms with Crippen molar-refractivity contribution in [1.29, 1.82) is 0 Å². The first-order valence-electron chi connectivity index (χ1n) is 6.74. The number of carbonyl (C=O) groups is 1. The third-order valence-corrected chi connectivity index (χ3v) is 2.75. The van der Waals surface area contributed by atoms with E-state index in [9.17, 15) is 4.79 Å². The van der Waals surface area contributed by atoms with Crippen molar-refractivity contribution in [2.24, 2.45) is 0 Å². The molecule has 0 amide bonds. The zero-order chi connectivity index (χ0) is 14.4. The largest absolute Gasteiger partial charge is 0.491 e. The van der Waals surface area contributed by atoms with Crippen molar-refractivity contribution in [2.75, 3.05) is 11.9 Å². The van der Waals surface area contributed by atoms with Crippen molar-refractivity contribution < 1.29 is 9.53 Å². The van der Waals surface area contributed by atoms with E-state index in [1.807, 2.05) is 62.4 Å². The van der Waals surface area contributed by atoms with E-state index >= 15 is 0 Å². The third kappa shape index (κ3) is 4.12. The Labute approximate surface area is 119 Å². The Bertz CT molecular complexity index is 564. The van der Waals surface area contributed by atoms with Crippen LogP contribution >= 0.6 is 0 Å². The van der Waals surface area contributed by atoms with Gasteiger partial charge in [0.15, 0.2) is 5.78 Å². The number of Topliss-reactive ketones (excluding diaryl/α,β-unsaturated/α-hetero) is 1. The zero-order valence-corrected chi connectivity index (χ0v) is 11.8. The molecule has 2 aromatic rings. The Balaban J connectivity index is 1.98. The summed E-state index contributed by atoms with van der Waals surface area (Å²) in [5.74, 6) is 0.772. The predicted octanol–water partition coefficient (Wildman–Crippen LogP) is 3.77. The third-order valence-electron chi connectivity index (χ3n) is 2.75. The van der Waals surface area contributed by atoms with Gasteiger partial charge in [-0.25, -0.2) is 0 Å². The van der Waals surface area contributed by atoms with Crippen LogP contribution in [0, 0.1) is 0 Å². The molecule has 0 aliphatic rings. The molecule has 0 radical (unpaired) electrons. The molecule has 0 fully saturated rings. The number of ether oxygens (including phenoxy) is 1. The summed E-state index contributed by atoms with van der Waals surface area (Å²) in [6.07, 6.45) is 0.0998. The highest BCUT2D eigenvalue weighted by Gasteiger charge is 2.07. The molecule has 0 saturated heterocycles. The highest BCUT2D eigenvalue weighted by atomic mass is 16.5. The van der Waals surface area contributed by atoms with Crippen molar-refractivity contribution in [1.82, 2.24) is 0 Å². The number of ketones is 1. The van der Waals surface area contributed by atoms with Crippen LogP contribution in [0.1, 0.15) is 24.2 Å². The number of rotatable bonds is 6. The number of para-hydroxylation sites is 1. The highest BCUT2D eigenvalue weighted by molar-refractivity contribution is 5.99. The summed E-state index contributed by atoms with van der Waals surface area (Å²) < 4.78 is 5.60. The maximum atomic E-state index is 12.1. The molecule has 3 heteroatoms. The normalized spacial score (nSPS) is 10.3. The Kier molecular flexibility index (Phi) is 4.77. The van der Waals surface area contributed by atoms with Gasteiger partial charge >= 0.3 is 0 Å². The van der Waals surface area contributed by atoms with E-state index < -0.39 is 0 Å². The number of benzene rings is 2. The summed E-state index contributed by atoms with van der Waals surface area (Å²) in [5.41, 5.74) is 1.60. The fraction of sp³-hybridized carbons (Fsp3) is 0.235. The highest BCUT2D eigenvalue weighted by Crippen LogP contribution is 2.15. The maximum Gasteiger partial charge on any atom is 0.181 e. The zero-order valence-electron chi connectivity index (χ0n) is 11.8. The SMILES string of the molecule is CC(C)Oc1cccc(C(=O)CNc2ccccc2)c1. The van der Waals surface area contributed by atoms with Gasteiger partial charge in [-0.3, -0.25) is 4.79 Å². The van der Waals surface area contributed by atoms with Crippen molar-refractivity contribution in [3.63, 3.8) is 0 Å². The van der Waals surface area contributed by atoms with E-state index in [1.54, 1.807) is 6.07 Å². The van der Waals surface area contributed by atoms with Crippen LogP contribution in [0.5, 0.6) is 5.75 Å². The Morgan fingerprint density at radius 1 is 1.10 bits per heavy atom. The molecule has 2 aromatic carbocycles. The Hall–Kier alpha value is -2.29. The monoisotopic (exact) mass is 269 g/mol. The van der Waals surface area contributed by atoms with Crippen LogP contribution in [0.3, 0.4) is 0 Å². The summed E-state index contributed by atoms with van der Waals surface area (Å²) in [4.78, 5) is 12.1. The lowest BCUT2D eigenvalue weighted by Crippen LogP contribution is -2.14. The molecule has 0 unspecified atom stereocenters. The molecule has 20 heavy (non-hydrogen) atoms. The van der Waals surface area contributed by atoms with Crippen LogP contribution in [0.15, 0.2) is 54.6 Å². The minimum Gasteiger partial charge on any atom is -0.491 e. The molecule has 3 nitrogen and oxygen atoms in total. The lowest BCUT2D eigenvalue weighted by atomic mass is 10.1. The van der Waals surface area contributed by atoms with Crippen LogP contribution in [0.25, 0.3) is 0 Å². The van der Waals surface area contributed by atoms with Crippen molar-refractivity contribution in [3.8, 4) is 5.75 Å². The van der Waals surface area contributed by atoms with Gasteiger partial charge in [0.2, 0.25) is 0 Å². The number of anilines is 1. The van der Waals surface area contributed by atoms with Crippen molar-refractivity contribution in [3.05, 3.63) is 60.2 Å². The summed E-state index contributed by atoms with van der Waals surface area (Å²) in [5, 5.41) is 3.11. The van der Waals surface area contributed by atoms with Crippen molar-refractivity contribution in [2.45, 2.75) is 20.0 Å². The minimum atomic E-state index is 0.0445. The van der Waals surface area contributed by atoms with Crippen molar-refractivity contribution >= 4 is 11.5 Å². The van der Waals surface area contributed by atoms with E-state index in [4.69, 9.17) is 4.74 Å². The molecule has 0 spiro atoms. The quantitative estimate of drug-likeness (QED) is 0.811. The first-order valence-corrected chi connectivity index (χ1v) is 6.74. The molecule has 0 saturated carbocycles. The average molecular weight is 269 g/mol. The van der Waals surface area contributed by atoms with Gasteiger partial charge in [0.1, 0.15) is 5.75 Å². The standard InChI is InChI=1S/C17H19NO2/c1-13(2)20-16-10-6-7-14(11-16)17(19)12-18-15-8-4-3-5-9-15/h3-11,13,18H,12H2,1-2H3. The van der Waals surface area contributed by atoms with Crippen LogP contribution < -0.4 is 10.1 Å². The number of hydrogen-bond acceptors (Lipinski definition) is 3. The van der Waals surface area contributed by atoms with Gasteiger partial charge in [0.25, 0.3) is 0 Å². The second-order valence-corrected chi connectivity index (χ2v) is 4.84. The van der Waals surface area contributed by atoms with Gasteiger partial charge in [-0.2, -0.15) is 0 Å². The molecule has 0 atom stereocenters. The van der Waals surface area contributed by atoms with Crippen LogP contribution in [0.4, 0.5) is 5.69 Å². The fourth-order valence-corrected chi connectivity index (χ4v) is 1.86. The number of nitrogens with one attached hydrogen (secondary N) is 1. The van der Waals surface area contributed by atoms with Gasteiger partial charge in [-0.05, 0) is 38.1 Å². The second kappa shape index (κ2) is 6.75. The molecule has 0 heterocycles. The molecule has 2 rings (SSSR count). The van der Waals surface area contributed by atoms with Gasteiger partial charge in [0, 0.05) is 11.3 Å². The lowest BCUT2D eigenvalue weighted by molar-refractivity contribution is 0.101. The molecule has 0 aliphatic heterocycles. The fourth-order valence-electron chi connectivity index (χ4n) is 1.86. The molecule has 1 N–H and O–H groups in total. The van der Waals surface area contributed by atoms with Crippen LogP contribution in [-0.4, -0.2) is 18.4 Å². The average Bonchev–Trinajstić information content (AvgIpc) is 2.45. The van der Waals surface area contributed by atoms with Gasteiger partial charge in [-0.15, -0.1) is 0 Å². The molecular weight excluding hydrogens is 250 g/mol. The summed E-state index contributed by atoms with van der Waals surface area (Å²) in [6, 6.07) is 17.0. The summed E-state index contributed by atoms with van der Waals surface area (Å²) in [7, 11) is 0. The van der Waals surface area contributed by atoms with E-state index in [0.29, 0.717) is 5.56 Å². The minimum absolute atomic E-state index is 0.0445. The number of carbonyl (C=O) groups excluding carboxylic acids is 1. The van der Waals surface area contributed by atoms with Crippen LogP contribution in [-0.2, 0) is 0 Å². The molecule has 0 aromatic heterocycles. The first kappa shape index (κ1) is 14.1. The van der Waals surface area contributed by atoms with Crippen LogP contribution in [0.2, 0.25) is 0 Å². The van der Waals surface area contributed by atoms with E-state index in [0.717, 1.165) is 11.4 Å². The lowest BCUT2D eigenvalue weighted by Gasteiger charge is -2.11. The topological polar surface area (TPSA) is 38.3 Å². The van der Waals surface area contributed by atoms with Gasteiger partial charge in [0.05, 0.1) is 12.6 Å². The summed E-state index contributed by atoms with van der Waals surface area (Å²) in [6.45, 7) is 4.20. The molecule has 104 valence electrons. The Morgan fingerprint density at radius 3 is 2.55 bits per heavy atom. The first-order chi connectivity index (χ1) is 9.65.